The van der Waals surface area contributed by atoms with E-state index in [-0.39, 0.29) is 17.9 Å². The number of hydrogen-bond acceptors (Lipinski definition) is 4. The van der Waals surface area contributed by atoms with Gasteiger partial charge >= 0.3 is 0 Å². The summed E-state index contributed by atoms with van der Waals surface area (Å²) in [5.74, 6) is 0.236. The average Bonchev–Trinajstić information content (AvgIpc) is 2.27. The molecule has 0 radical (unpaired) electrons. The second-order valence-electron chi connectivity index (χ2n) is 3.91. The molecule has 0 aromatic rings. The van der Waals surface area contributed by atoms with Crippen LogP contribution in [0, 0.1) is 5.92 Å². The summed E-state index contributed by atoms with van der Waals surface area (Å²) in [5, 5.41) is 2.84. The number of carbonyl (C=O) groups is 1. The summed E-state index contributed by atoms with van der Waals surface area (Å²) in [5.41, 5.74) is 5.55. The molecule has 0 saturated carbocycles. The molecule has 96 valence electrons. The Kier molecular flexibility index (Phi) is 8.15. The Balaban J connectivity index is 4.03. The van der Waals surface area contributed by atoms with E-state index in [1.54, 1.807) is 14.2 Å². The van der Waals surface area contributed by atoms with Crippen LogP contribution in [0.1, 0.15) is 26.7 Å². The Labute approximate surface area is 97.7 Å². The number of nitrogens with one attached hydrogen (secondary N) is 1. The van der Waals surface area contributed by atoms with Crippen molar-refractivity contribution in [1.29, 1.82) is 0 Å². The van der Waals surface area contributed by atoms with Crippen molar-refractivity contribution in [2.45, 2.75) is 39.0 Å². The van der Waals surface area contributed by atoms with Crippen LogP contribution in [0.25, 0.3) is 0 Å². The minimum atomic E-state index is -0.415. The normalized spacial score (nSPS) is 14.9. The molecule has 16 heavy (non-hydrogen) atoms. The first-order valence-electron chi connectivity index (χ1n) is 5.64. The molecule has 2 atom stereocenters. The Morgan fingerprint density at radius 1 is 1.38 bits per heavy atom. The summed E-state index contributed by atoms with van der Waals surface area (Å²) in [6, 6.07) is -0.169. The molecule has 0 aliphatic heterocycles. The maximum absolute atomic E-state index is 11.6. The minimum absolute atomic E-state index is 0.0103. The standard InChI is InChI=1S/C11H24N2O3/c1-5-9(7-12)6-10(14)13-8(2)11(15-3)16-4/h8-9,11H,5-7,12H2,1-4H3,(H,13,14). The number of amides is 1. The van der Waals surface area contributed by atoms with Crippen molar-refractivity contribution in [2.75, 3.05) is 20.8 Å². The van der Waals surface area contributed by atoms with Gasteiger partial charge in [-0.15, -0.1) is 0 Å². The highest BCUT2D eigenvalue weighted by atomic mass is 16.7. The van der Waals surface area contributed by atoms with E-state index < -0.39 is 6.29 Å². The maximum Gasteiger partial charge on any atom is 0.220 e. The van der Waals surface area contributed by atoms with Gasteiger partial charge in [0.15, 0.2) is 6.29 Å². The molecule has 0 saturated heterocycles. The summed E-state index contributed by atoms with van der Waals surface area (Å²) < 4.78 is 10.1. The van der Waals surface area contributed by atoms with Gasteiger partial charge in [-0.2, -0.15) is 0 Å². The predicted molar refractivity (Wildman–Crippen MR) is 62.9 cm³/mol. The van der Waals surface area contributed by atoms with Crippen LogP contribution in [0.2, 0.25) is 0 Å². The van der Waals surface area contributed by atoms with E-state index in [1.807, 2.05) is 13.8 Å². The highest BCUT2D eigenvalue weighted by Crippen LogP contribution is 2.06. The molecule has 5 nitrogen and oxygen atoms in total. The van der Waals surface area contributed by atoms with Gasteiger partial charge in [-0.3, -0.25) is 4.79 Å². The van der Waals surface area contributed by atoms with Gasteiger partial charge in [0.2, 0.25) is 5.91 Å². The van der Waals surface area contributed by atoms with Gasteiger partial charge < -0.3 is 20.5 Å². The Morgan fingerprint density at radius 2 is 1.94 bits per heavy atom. The molecule has 0 aliphatic carbocycles. The number of rotatable bonds is 8. The smallest absolute Gasteiger partial charge is 0.220 e. The monoisotopic (exact) mass is 232 g/mol. The van der Waals surface area contributed by atoms with Crippen molar-refractivity contribution < 1.29 is 14.3 Å². The first kappa shape index (κ1) is 15.3. The number of carbonyl (C=O) groups excluding carboxylic acids is 1. The Hall–Kier alpha value is -0.650. The number of hydrogen-bond donors (Lipinski definition) is 2. The molecule has 0 aromatic heterocycles. The van der Waals surface area contributed by atoms with E-state index in [1.165, 1.54) is 0 Å². The van der Waals surface area contributed by atoms with Crippen molar-refractivity contribution >= 4 is 5.91 Å². The Morgan fingerprint density at radius 3 is 2.31 bits per heavy atom. The third kappa shape index (κ3) is 5.44. The lowest BCUT2D eigenvalue weighted by Crippen LogP contribution is -2.43. The van der Waals surface area contributed by atoms with Crippen LogP contribution in [0.5, 0.6) is 0 Å². The molecule has 0 bridgehead atoms. The summed E-state index contributed by atoms with van der Waals surface area (Å²) in [7, 11) is 3.09. The average molecular weight is 232 g/mol. The van der Waals surface area contributed by atoms with Crippen LogP contribution >= 0.6 is 0 Å². The highest BCUT2D eigenvalue weighted by molar-refractivity contribution is 5.76. The van der Waals surface area contributed by atoms with Gasteiger partial charge in [-0.1, -0.05) is 13.3 Å². The van der Waals surface area contributed by atoms with E-state index in [2.05, 4.69) is 5.32 Å². The van der Waals surface area contributed by atoms with Crippen molar-refractivity contribution in [1.82, 2.24) is 5.32 Å². The van der Waals surface area contributed by atoms with Gasteiger partial charge in [0.05, 0.1) is 6.04 Å². The molecule has 3 N–H and O–H groups in total. The summed E-state index contributed by atoms with van der Waals surface area (Å²) in [6.07, 6.45) is 0.954. The minimum Gasteiger partial charge on any atom is -0.354 e. The third-order valence-corrected chi connectivity index (χ3v) is 2.65. The first-order chi connectivity index (χ1) is 7.58. The molecule has 2 unspecified atom stereocenters. The molecule has 0 spiro atoms. The van der Waals surface area contributed by atoms with E-state index in [9.17, 15) is 4.79 Å². The lowest BCUT2D eigenvalue weighted by atomic mass is 10.0. The number of methoxy groups -OCH3 is 2. The fourth-order valence-electron chi connectivity index (χ4n) is 1.54. The second-order valence-corrected chi connectivity index (χ2v) is 3.91. The molecule has 5 heteroatoms. The van der Waals surface area contributed by atoms with Crippen molar-refractivity contribution in [3.63, 3.8) is 0 Å². The maximum atomic E-state index is 11.6. The van der Waals surface area contributed by atoms with Crippen LogP contribution in [0.15, 0.2) is 0 Å². The van der Waals surface area contributed by atoms with Gasteiger partial charge in [-0.25, -0.2) is 0 Å². The highest BCUT2D eigenvalue weighted by Gasteiger charge is 2.19. The van der Waals surface area contributed by atoms with Crippen LogP contribution < -0.4 is 11.1 Å². The lowest BCUT2D eigenvalue weighted by Gasteiger charge is -2.23. The van der Waals surface area contributed by atoms with Gasteiger partial charge in [0.1, 0.15) is 0 Å². The zero-order valence-corrected chi connectivity index (χ0v) is 10.7. The van der Waals surface area contributed by atoms with E-state index in [4.69, 9.17) is 15.2 Å². The molecule has 0 aromatic carbocycles. The van der Waals surface area contributed by atoms with Crippen molar-refractivity contribution in [3.8, 4) is 0 Å². The quantitative estimate of drug-likeness (QED) is 0.597. The molecule has 0 heterocycles. The van der Waals surface area contributed by atoms with Crippen molar-refractivity contribution in [3.05, 3.63) is 0 Å². The molecular formula is C11H24N2O3. The van der Waals surface area contributed by atoms with Crippen LogP contribution in [-0.2, 0) is 14.3 Å². The van der Waals surface area contributed by atoms with E-state index in [0.717, 1.165) is 6.42 Å². The molecule has 0 aliphatic rings. The van der Waals surface area contributed by atoms with E-state index in [0.29, 0.717) is 13.0 Å². The SMILES string of the molecule is CCC(CN)CC(=O)NC(C)C(OC)OC. The zero-order chi connectivity index (χ0) is 12.6. The fraction of sp³-hybridized carbons (Fsp3) is 0.909. The van der Waals surface area contributed by atoms with Crippen molar-refractivity contribution in [2.24, 2.45) is 11.7 Å². The molecule has 0 fully saturated rings. The lowest BCUT2D eigenvalue weighted by molar-refractivity contribution is -0.136. The first-order valence-corrected chi connectivity index (χ1v) is 5.64. The topological polar surface area (TPSA) is 73.6 Å². The Bertz CT molecular complexity index is 192. The summed E-state index contributed by atoms with van der Waals surface area (Å²) >= 11 is 0. The molecule has 0 rings (SSSR count). The van der Waals surface area contributed by atoms with Gasteiger partial charge in [0.25, 0.3) is 0 Å². The van der Waals surface area contributed by atoms with Crippen LogP contribution in [-0.4, -0.2) is 39.0 Å². The molecule has 1 amide bonds. The largest absolute Gasteiger partial charge is 0.354 e. The van der Waals surface area contributed by atoms with E-state index >= 15 is 0 Å². The predicted octanol–water partition coefficient (Wildman–Crippen LogP) is 0.485. The zero-order valence-electron chi connectivity index (χ0n) is 10.7. The fourth-order valence-corrected chi connectivity index (χ4v) is 1.54. The van der Waals surface area contributed by atoms with Crippen LogP contribution in [0.3, 0.4) is 0 Å². The second kappa shape index (κ2) is 8.50. The molecular weight excluding hydrogens is 208 g/mol. The third-order valence-electron chi connectivity index (χ3n) is 2.65. The number of ether oxygens (including phenoxy) is 2. The summed E-state index contributed by atoms with van der Waals surface area (Å²) in [4.78, 5) is 11.6. The summed E-state index contributed by atoms with van der Waals surface area (Å²) in [6.45, 7) is 4.41. The number of nitrogens with two attached hydrogens (primary N) is 1. The van der Waals surface area contributed by atoms with Gasteiger partial charge in [0, 0.05) is 20.6 Å². The van der Waals surface area contributed by atoms with Gasteiger partial charge in [-0.05, 0) is 19.4 Å². The van der Waals surface area contributed by atoms with Crippen LogP contribution in [0.4, 0.5) is 0 Å².